The van der Waals surface area contributed by atoms with E-state index in [4.69, 9.17) is 16.3 Å². The number of aryl methyl sites for hydroxylation is 2. The van der Waals surface area contributed by atoms with E-state index in [-0.39, 0.29) is 0 Å². The molecule has 1 aliphatic carbocycles. The molecule has 1 aliphatic rings. The second-order valence-electron chi connectivity index (χ2n) is 7.45. The van der Waals surface area contributed by atoms with Crippen LogP contribution >= 0.6 is 22.9 Å². The summed E-state index contributed by atoms with van der Waals surface area (Å²) in [6.07, 6.45) is 2.59. The molecule has 0 unspecified atom stereocenters. The van der Waals surface area contributed by atoms with Gasteiger partial charge in [-0.15, -0.1) is 10.2 Å². The Kier molecular flexibility index (Phi) is 5.56. The summed E-state index contributed by atoms with van der Waals surface area (Å²) >= 11 is 8.04. The number of anilines is 1. The Balaban J connectivity index is 1.62. The first-order chi connectivity index (χ1) is 13.5. The summed E-state index contributed by atoms with van der Waals surface area (Å²) in [5.74, 6) is 1.68. The summed E-state index contributed by atoms with van der Waals surface area (Å²) in [5.41, 5.74) is 4.43. The van der Waals surface area contributed by atoms with Crippen molar-refractivity contribution in [2.24, 2.45) is 5.92 Å². The van der Waals surface area contributed by atoms with Gasteiger partial charge in [0.05, 0.1) is 7.11 Å². The minimum Gasteiger partial charge on any atom is -0.496 e. The normalized spacial score (nSPS) is 13.6. The lowest BCUT2D eigenvalue weighted by Crippen LogP contribution is -2.25. The molecule has 0 bridgehead atoms. The molecule has 1 heterocycles. The maximum atomic E-state index is 6.40. The molecule has 3 aromatic rings. The number of ether oxygens (including phenoxy) is 1. The van der Waals surface area contributed by atoms with Crippen molar-refractivity contribution in [3.63, 3.8) is 0 Å². The smallest absolute Gasteiger partial charge is 0.208 e. The van der Waals surface area contributed by atoms with Crippen molar-refractivity contribution in [1.82, 2.24) is 10.2 Å². The molecule has 1 fully saturated rings. The first kappa shape index (κ1) is 19.2. The Labute approximate surface area is 175 Å². The van der Waals surface area contributed by atoms with Crippen LogP contribution in [0.5, 0.6) is 5.75 Å². The first-order valence-electron chi connectivity index (χ1n) is 9.52. The van der Waals surface area contributed by atoms with Crippen LogP contribution in [-0.4, -0.2) is 23.9 Å². The minimum absolute atomic E-state index is 0.750. The van der Waals surface area contributed by atoms with E-state index in [2.05, 4.69) is 47.1 Å². The molecule has 2 aromatic carbocycles. The van der Waals surface area contributed by atoms with E-state index in [0.717, 1.165) is 62.2 Å². The number of rotatable bonds is 7. The van der Waals surface area contributed by atoms with E-state index >= 15 is 0 Å². The Bertz CT molecular complexity index is 960. The van der Waals surface area contributed by atoms with E-state index in [1.54, 1.807) is 18.4 Å². The van der Waals surface area contributed by atoms with Gasteiger partial charge < -0.3 is 9.64 Å². The second kappa shape index (κ2) is 8.10. The molecular weight excluding hydrogens is 390 g/mol. The molecule has 4 rings (SSSR count). The predicted octanol–water partition coefficient (Wildman–Crippen LogP) is 5.90. The molecule has 146 valence electrons. The van der Waals surface area contributed by atoms with Crippen molar-refractivity contribution < 1.29 is 4.74 Å². The van der Waals surface area contributed by atoms with Crippen LogP contribution in [0.4, 0.5) is 5.13 Å². The summed E-state index contributed by atoms with van der Waals surface area (Å²) in [4.78, 5) is 2.32. The van der Waals surface area contributed by atoms with Gasteiger partial charge in [-0.25, -0.2) is 0 Å². The Morgan fingerprint density at radius 1 is 1.14 bits per heavy atom. The molecule has 0 atom stereocenters. The van der Waals surface area contributed by atoms with Gasteiger partial charge in [-0.1, -0.05) is 41.1 Å². The van der Waals surface area contributed by atoms with Crippen molar-refractivity contribution in [3.8, 4) is 16.3 Å². The lowest BCUT2D eigenvalue weighted by molar-refractivity contribution is 0.408. The summed E-state index contributed by atoms with van der Waals surface area (Å²) in [7, 11) is 1.71. The van der Waals surface area contributed by atoms with Gasteiger partial charge in [0.1, 0.15) is 10.8 Å². The predicted molar refractivity (Wildman–Crippen MR) is 117 cm³/mol. The number of methoxy groups -OCH3 is 1. The fourth-order valence-corrected chi connectivity index (χ4v) is 4.55. The van der Waals surface area contributed by atoms with E-state index in [0.29, 0.717) is 0 Å². The van der Waals surface area contributed by atoms with E-state index in [1.165, 1.54) is 12.8 Å². The maximum absolute atomic E-state index is 6.40. The molecule has 0 amide bonds. The highest BCUT2D eigenvalue weighted by Crippen LogP contribution is 2.37. The van der Waals surface area contributed by atoms with Gasteiger partial charge in [0.25, 0.3) is 0 Å². The summed E-state index contributed by atoms with van der Waals surface area (Å²) in [5, 5.41) is 11.7. The SMILES string of the molecule is COc1c(C)cc(-c2nnc(N(Cc3ccccc3Cl)CC3CC3)s2)cc1C. The fraction of sp³-hybridized carbons (Fsp3) is 0.364. The lowest BCUT2D eigenvalue weighted by Gasteiger charge is -2.21. The molecule has 1 aromatic heterocycles. The Morgan fingerprint density at radius 2 is 1.86 bits per heavy atom. The van der Waals surface area contributed by atoms with Crippen LogP contribution in [0.2, 0.25) is 5.02 Å². The van der Waals surface area contributed by atoms with E-state index in [1.807, 2.05) is 18.2 Å². The van der Waals surface area contributed by atoms with E-state index in [9.17, 15) is 0 Å². The molecular formula is C22H24ClN3OS. The molecule has 0 radical (unpaired) electrons. The Hall–Kier alpha value is -2.11. The quantitative estimate of drug-likeness (QED) is 0.483. The Morgan fingerprint density at radius 3 is 2.50 bits per heavy atom. The molecule has 1 saturated carbocycles. The van der Waals surface area contributed by atoms with Crippen LogP contribution < -0.4 is 9.64 Å². The summed E-state index contributed by atoms with van der Waals surface area (Å²) < 4.78 is 5.48. The average Bonchev–Trinajstić information content (AvgIpc) is 3.35. The van der Waals surface area contributed by atoms with Crippen molar-refractivity contribution in [2.45, 2.75) is 33.2 Å². The number of benzene rings is 2. The molecule has 4 nitrogen and oxygen atoms in total. The van der Waals surface area contributed by atoms with Gasteiger partial charge >= 0.3 is 0 Å². The average molecular weight is 414 g/mol. The molecule has 0 saturated heterocycles. The van der Waals surface area contributed by atoms with Crippen LogP contribution in [0, 0.1) is 19.8 Å². The van der Waals surface area contributed by atoms with Crippen LogP contribution in [0.1, 0.15) is 29.5 Å². The summed E-state index contributed by atoms with van der Waals surface area (Å²) in [6, 6.07) is 12.3. The van der Waals surface area contributed by atoms with Crippen LogP contribution in [0.3, 0.4) is 0 Å². The zero-order chi connectivity index (χ0) is 19.7. The van der Waals surface area contributed by atoms with Gasteiger partial charge in [0.2, 0.25) is 5.13 Å². The molecule has 0 aliphatic heterocycles. The second-order valence-corrected chi connectivity index (χ2v) is 8.81. The van der Waals surface area contributed by atoms with Gasteiger partial charge in [0.15, 0.2) is 0 Å². The third-order valence-corrected chi connectivity index (χ3v) is 6.49. The molecule has 0 spiro atoms. The third-order valence-electron chi connectivity index (χ3n) is 5.09. The monoisotopic (exact) mass is 413 g/mol. The van der Waals surface area contributed by atoms with Crippen molar-refractivity contribution >= 4 is 28.1 Å². The van der Waals surface area contributed by atoms with Crippen molar-refractivity contribution in [3.05, 3.63) is 58.1 Å². The molecule has 0 N–H and O–H groups in total. The van der Waals surface area contributed by atoms with Crippen LogP contribution in [0.15, 0.2) is 36.4 Å². The van der Waals surface area contributed by atoms with Gasteiger partial charge in [0, 0.05) is 23.7 Å². The van der Waals surface area contributed by atoms with Crippen molar-refractivity contribution in [2.75, 3.05) is 18.6 Å². The minimum atomic E-state index is 0.750. The molecule has 6 heteroatoms. The number of aromatic nitrogens is 2. The highest BCUT2D eigenvalue weighted by molar-refractivity contribution is 7.18. The zero-order valence-corrected chi connectivity index (χ0v) is 18.0. The van der Waals surface area contributed by atoms with Gasteiger partial charge in [-0.3, -0.25) is 0 Å². The lowest BCUT2D eigenvalue weighted by atomic mass is 10.1. The maximum Gasteiger partial charge on any atom is 0.208 e. The number of halogens is 1. The van der Waals surface area contributed by atoms with Crippen LogP contribution in [0.25, 0.3) is 10.6 Å². The zero-order valence-electron chi connectivity index (χ0n) is 16.4. The van der Waals surface area contributed by atoms with E-state index < -0.39 is 0 Å². The van der Waals surface area contributed by atoms with Crippen LogP contribution in [-0.2, 0) is 6.54 Å². The largest absolute Gasteiger partial charge is 0.496 e. The number of hydrogen-bond acceptors (Lipinski definition) is 5. The van der Waals surface area contributed by atoms with Gasteiger partial charge in [-0.2, -0.15) is 0 Å². The van der Waals surface area contributed by atoms with Gasteiger partial charge in [-0.05, 0) is 67.5 Å². The third kappa shape index (κ3) is 4.15. The highest BCUT2D eigenvalue weighted by atomic mass is 35.5. The summed E-state index contributed by atoms with van der Waals surface area (Å²) in [6.45, 7) is 5.88. The number of hydrogen-bond donors (Lipinski definition) is 0. The highest BCUT2D eigenvalue weighted by Gasteiger charge is 2.26. The standard InChI is InChI=1S/C22H24ClN3OS/c1-14-10-18(11-15(2)20(14)27-3)21-24-25-22(28-21)26(12-16-8-9-16)13-17-6-4-5-7-19(17)23/h4-7,10-11,16H,8-9,12-13H2,1-3H3. The molecule has 28 heavy (non-hydrogen) atoms. The topological polar surface area (TPSA) is 38.3 Å². The first-order valence-corrected chi connectivity index (χ1v) is 10.7. The van der Waals surface area contributed by atoms with Crippen molar-refractivity contribution in [1.29, 1.82) is 0 Å². The number of nitrogens with zero attached hydrogens (tertiary/aromatic N) is 3. The fourth-order valence-electron chi connectivity index (χ4n) is 3.51.